The second-order valence-electron chi connectivity index (χ2n) is 8.85. The van der Waals surface area contributed by atoms with Crippen molar-refractivity contribution in [3.05, 3.63) is 119 Å². The molecule has 1 aliphatic rings. The Morgan fingerprint density at radius 3 is 2.33 bits per heavy atom. The quantitative estimate of drug-likeness (QED) is 0.325. The van der Waals surface area contributed by atoms with Gasteiger partial charge in [0.25, 0.3) is 0 Å². The Morgan fingerprint density at radius 1 is 0.917 bits per heavy atom. The lowest BCUT2D eigenvalue weighted by Crippen LogP contribution is -2.48. The molecule has 1 unspecified atom stereocenters. The molecule has 3 aromatic carbocycles. The van der Waals surface area contributed by atoms with E-state index in [1.54, 1.807) is 18.5 Å². The molecule has 1 aromatic heterocycles. The first-order valence-corrected chi connectivity index (χ1v) is 12.6. The van der Waals surface area contributed by atoms with Crippen molar-refractivity contribution in [3.8, 4) is 5.75 Å². The second-order valence-corrected chi connectivity index (χ2v) is 9.29. The number of carbonyl (C=O) groups is 1. The van der Waals surface area contributed by atoms with E-state index in [2.05, 4.69) is 62.2 Å². The number of ketones is 1. The number of hydrogen-bond acceptors (Lipinski definition) is 5. The fourth-order valence-electron chi connectivity index (χ4n) is 4.72. The minimum absolute atomic E-state index is 0.168. The smallest absolute Gasteiger partial charge is 0.231 e. The number of imidazole rings is 1. The number of aromatic nitrogens is 2. The summed E-state index contributed by atoms with van der Waals surface area (Å²) in [6, 6.07) is 26.4. The number of rotatable bonds is 9. The molecule has 5 rings (SSSR count). The van der Waals surface area contributed by atoms with Crippen LogP contribution in [0.1, 0.15) is 33.4 Å². The highest BCUT2D eigenvalue weighted by Crippen LogP contribution is 2.30. The molecule has 1 atom stereocenters. The summed E-state index contributed by atoms with van der Waals surface area (Å²) in [4.78, 5) is 24.6. The lowest BCUT2D eigenvalue weighted by Gasteiger charge is -2.39. The van der Waals surface area contributed by atoms with Crippen LogP contribution in [-0.2, 0) is 0 Å². The molecule has 6 nitrogen and oxygen atoms in total. The number of nitrogens with one attached hydrogen (secondary N) is 1. The first-order chi connectivity index (χ1) is 17.7. The van der Waals surface area contributed by atoms with Crippen molar-refractivity contribution in [1.29, 1.82) is 0 Å². The number of aromatic amines is 1. The van der Waals surface area contributed by atoms with Crippen molar-refractivity contribution in [2.75, 3.05) is 39.3 Å². The maximum Gasteiger partial charge on any atom is 0.231 e. The van der Waals surface area contributed by atoms with Crippen molar-refractivity contribution in [3.63, 3.8) is 0 Å². The average Bonchev–Trinajstić information content (AvgIpc) is 3.47. The van der Waals surface area contributed by atoms with Crippen molar-refractivity contribution in [1.82, 2.24) is 19.8 Å². The van der Waals surface area contributed by atoms with E-state index in [-0.39, 0.29) is 11.8 Å². The van der Waals surface area contributed by atoms with Crippen LogP contribution < -0.4 is 4.74 Å². The summed E-state index contributed by atoms with van der Waals surface area (Å²) in [5, 5.41) is 0.753. The van der Waals surface area contributed by atoms with Crippen LogP contribution in [-0.4, -0.2) is 64.9 Å². The molecule has 184 valence electrons. The van der Waals surface area contributed by atoms with Gasteiger partial charge in [-0.3, -0.25) is 14.6 Å². The Balaban J connectivity index is 1.19. The third kappa shape index (κ3) is 5.68. The molecule has 1 saturated heterocycles. The minimum Gasteiger partial charge on any atom is -0.491 e. The standard InChI is InChI=1S/C29H29ClN4O2/c30-24-12-10-23(11-13-24)27(22-6-2-1-3-7-22)34-18-16-33(17-19-34)20-21-36-26-9-5-4-8-25(26)28(35)29-31-14-15-32-29/h1-15,27H,16-21H2,(H,31,32). The van der Waals surface area contributed by atoms with Crippen LogP contribution >= 0.6 is 11.6 Å². The molecule has 0 amide bonds. The Kier molecular flexibility index (Phi) is 7.76. The Hall–Kier alpha value is -3.45. The van der Waals surface area contributed by atoms with E-state index in [1.807, 2.05) is 30.3 Å². The van der Waals surface area contributed by atoms with Gasteiger partial charge >= 0.3 is 0 Å². The zero-order valence-corrected chi connectivity index (χ0v) is 20.8. The van der Waals surface area contributed by atoms with Gasteiger partial charge < -0.3 is 9.72 Å². The van der Waals surface area contributed by atoms with Gasteiger partial charge in [-0.15, -0.1) is 0 Å². The van der Waals surface area contributed by atoms with Crippen LogP contribution in [0, 0.1) is 0 Å². The Bertz CT molecular complexity index is 1250. The second kappa shape index (κ2) is 11.5. The monoisotopic (exact) mass is 500 g/mol. The zero-order chi connectivity index (χ0) is 24.7. The molecule has 7 heteroatoms. The third-order valence-electron chi connectivity index (χ3n) is 6.58. The predicted octanol–water partition coefficient (Wildman–Crippen LogP) is 5.08. The number of ether oxygens (including phenoxy) is 1. The lowest BCUT2D eigenvalue weighted by atomic mass is 9.96. The normalized spacial score (nSPS) is 15.5. The summed E-state index contributed by atoms with van der Waals surface area (Å²) in [5.74, 6) is 0.735. The highest BCUT2D eigenvalue weighted by atomic mass is 35.5. The van der Waals surface area contributed by atoms with E-state index < -0.39 is 0 Å². The molecular formula is C29H29ClN4O2. The first kappa shape index (κ1) is 24.3. The molecule has 1 aliphatic heterocycles. The minimum atomic E-state index is -0.168. The van der Waals surface area contributed by atoms with Gasteiger partial charge in [0.15, 0.2) is 5.82 Å². The summed E-state index contributed by atoms with van der Waals surface area (Å²) >= 11 is 6.16. The SMILES string of the molecule is O=C(c1ncc[nH]1)c1ccccc1OCCN1CCN(C(c2ccccc2)c2ccc(Cl)cc2)CC1. The van der Waals surface area contributed by atoms with Gasteiger partial charge in [0.05, 0.1) is 11.6 Å². The van der Waals surface area contributed by atoms with E-state index in [9.17, 15) is 4.79 Å². The number of nitrogens with zero attached hydrogens (tertiary/aromatic N) is 3. The van der Waals surface area contributed by atoms with Crippen LogP contribution in [0.5, 0.6) is 5.75 Å². The predicted molar refractivity (Wildman–Crippen MR) is 142 cm³/mol. The van der Waals surface area contributed by atoms with Crippen molar-refractivity contribution >= 4 is 17.4 Å². The maximum absolute atomic E-state index is 12.7. The van der Waals surface area contributed by atoms with Crippen molar-refractivity contribution in [2.45, 2.75) is 6.04 Å². The molecule has 0 radical (unpaired) electrons. The fraction of sp³-hybridized carbons (Fsp3) is 0.241. The van der Waals surface area contributed by atoms with Crippen LogP contribution in [0.2, 0.25) is 5.02 Å². The number of halogens is 1. The van der Waals surface area contributed by atoms with Crippen molar-refractivity contribution < 1.29 is 9.53 Å². The van der Waals surface area contributed by atoms with Gasteiger partial charge in [-0.1, -0.05) is 66.2 Å². The summed E-state index contributed by atoms with van der Waals surface area (Å²) in [5.41, 5.74) is 3.06. The summed E-state index contributed by atoms with van der Waals surface area (Å²) in [7, 11) is 0. The molecule has 4 aromatic rings. The number of carbonyl (C=O) groups excluding carboxylic acids is 1. The zero-order valence-electron chi connectivity index (χ0n) is 20.0. The summed E-state index contributed by atoms with van der Waals surface area (Å²) in [6.07, 6.45) is 3.22. The Labute approximate surface area is 216 Å². The van der Waals surface area contributed by atoms with E-state index in [0.717, 1.165) is 37.7 Å². The number of benzene rings is 3. The third-order valence-corrected chi connectivity index (χ3v) is 6.84. The van der Waals surface area contributed by atoms with Crippen LogP contribution in [0.3, 0.4) is 0 Å². The molecule has 0 saturated carbocycles. The summed E-state index contributed by atoms with van der Waals surface area (Å²) < 4.78 is 6.05. The molecule has 1 N–H and O–H groups in total. The topological polar surface area (TPSA) is 61.5 Å². The number of piperazine rings is 1. The molecule has 2 heterocycles. The largest absolute Gasteiger partial charge is 0.491 e. The maximum atomic E-state index is 12.7. The lowest BCUT2D eigenvalue weighted by molar-refractivity contribution is 0.0964. The number of para-hydroxylation sites is 1. The first-order valence-electron chi connectivity index (χ1n) is 12.2. The van der Waals surface area contributed by atoms with Gasteiger partial charge in [0.1, 0.15) is 12.4 Å². The van der Waals surface area contributed by atoms with Gasteiger partial charge in [0, 0.05) is 50.1 Å². The van der Waals surface area contributed by atoms with Crippen LogP contribution in [0.15, 0.2) is 91.3 Å². The fourth-order valence-corrected chi connectivity index (χ4v) is 4.85. The van der Waals surface area contributed by atoms with Crippen molar-refractivity contribution in [2.24, 2.45) is 0 Å². The molecule has 0 bridgehead atoms. The van der Waals surface area contributed by atoms with Crippen LogP contribution in [0.4, 0.5) is 0 Å². The molecular weight excluding hydrogens is 472 g/mol. The highest BCUT2D eigenvalue weighted by Gasteiger charge is 2.26. The van der Waals surface area contributed by atoms with Gasteiger partial charge in [-0.25, -0.2) is 4.98 Å². The van der Waals surface area contributed by atoms with E-state index >= 15 is 0 Å². The Morgan fingerprint density at radius 2 is 1.61 bits per heavy atom. The van der Waals surface area contributed by atoms with E-state index in [4.69, 9.17) is 16.3 Å². The van der Waals surface area contributed by atoms with E-state index in [1.165, 1.54) is 11.1 Å². The highest BCUT2D eigenvalue weighted by molar-refractivity contribution is 6.30. The van der Waals surface area contributed by atoms with E-state index in [0.29, 0.717) is 23.7 Å². The summed E-state index contributed by atoms with van der Waals surface area (Å²) in [6.45, 7) is 5.13. The number of hydrogen-bond donors (Lipinski definition) is 1. The van der Waals surface area contributed by atoms with Gasteiger partial charge in [0.2, 0.25) is 5.78 Å². The number of H-pyrrole nitrogens is 1. The average molecular weight is 501 g/mol. The van der Waals surface area contributed by atoms with Gasteiger partial charge in [-0.2, -0.15) is 0 Å². The molecule has 36 heavy (non-hydrogen) atoms. The molecule has 1 fully saturated rings. The molecule has 0 spiro atoms. The van der Waals surface area contributed by atoms with Gasteiger partial charge in [-0.05, 0) is 35.4 Å². The van der Waals surface area contributed by atoms with Crippen LogP contribution in [0.25, 0.3) is 0 Å². The molecule has 0 aliphatic carbocycles.